The minimum absolute atomic E-state index is 0.290. The lowest BCUT2D eigenvalue weighted by molar-refractivity contribution is -0.109. The standard InChI is InChI=1S/C13H14N4O3S/c14-21(19,20)17(13-9-5-2-6-10-13)16(15-11-18)12-7-3-1-4-8-12/h1-11H,(H,15,18)(H2,14,19,20). The van der Waals surface area contributed by atoms with E-state index >= 15 is 0 Å². The second kappa shape index (κ2) is 6.25. The van der Waals surface area contributed by atoms with Gasteiger partial charge in [-0.05, 0) is 24.3 Å². The third-order valence-electron chi connectivity index (χ3n) is 2.58. The van der Waals surface area contributed by atoms with Crippen LogP contribution in [0.15, 0.2) is 60.7 Å². The summed E-state index contributed by atoms with van der Waals surface area (Å²) >= 11 is 0. The molecule has 0 aliphatic rings. The molecule has 8 heteroatoms. The third-order valence-corrected chi connectivity index (χ3v) is 3.43. The van der Waals surface area contributed by atoms with Crippen molar-refractivity contribution in [2.24, 2.45) is 5.14 Å². The highest BCUT2D eigenvalue weighted by Crippen LogP contribution is 2.22. The average Bonchev–Trinajstić information content (AvgIpc) is 2.47. The Balaban J connectivity index is 2.54. The second-order valence-corrected chi connectivity index (χ2v) is 5.39. The number of hydrogen-bond acceptors (Lipinski definition) is 4. The van der Waals surface area contributed by atoms with Crippen LogP contribution in [0, 0.1) is 0 Å². The van der Waals surface area contributed by atoms with Gasteiger partial charge in [-0.3, -0.25) is 4.79 Å². The van der Waals surface area contributed by atoms with Crippen molar-refractivity contribution in [2.75, 3.05) is 9.53 Å². The van der Waals surface area contributed by atoms with Crippen LogP contribution in [0.1, 0.15) is 0 Å². The van der Waals surface area contributed by atoms with Crippen LogP contribution in [0.2, 0.25) is 0 Å². The van der Waals surface area contributed by atoms with Crippen LogP contribution in [-0.2, 0) is 15.0 Å². The third kappa shape index (κ3) is 3.50. The maximum absolute atomic E-state index is 11.9. The van der Waals surface area contributed by atoms with E-state index in [1.54, 1.807) is 60.7 Å². The Morgan fingerprint density at radius 3 is 1.81 bits per heavy atom. The largest absolute Gasteiger partial charge is 0.318 e. The fraction of sp³-hybridized carbons (Fsp3) is 0. The average molecular weight is 306 g/mol. The summed E-state index contributed by atoms with van der Waals surface area (Å²) in [6.45, 7) is 0. The lowest BCUT2D eigenvalue weighted by atomic mass is 10.3. The lowest BCUT2D eigenvalue weighted by Crippen LogP contribution is -2.56. The van der Waals surface area contributed by atoms with E-state index in [0.717, 1.165) is 9.53 Å². The first-order valence-corrected chi connectivity index (χ1v) is 7.47. The highest BCUT2D eigenvalue weighted by Gasteiger charge is 2.26. The Morgan fingerprint density at radius 2 is 1.38 bits per heavy atom. The summed E-state index contributed by atoms with van der Waals surface area (Å²) in [7, 11) is -4.15. The molecule has 7 nitrogen and oxygen atoms in total. The lowest BCUT2D eigenvalue weighted by Gasteiger charge is -2.34. The van der Waals surface area contributed by atoms with Crippen molar-refractivity contribution in [3.05, 3.63) is 60.7 Å². The molecular weight excluding hydrogens is 292 g/mol. The number of carbonyl (C=O) groups excluding carboxylic acids is 1. The van der Waals surface area contributed by atoms with Crippen molar-refractivity contribution in [2.45, 2.75) is 0 Å². The molecule has 0 unspecified atom stereocenters. The monoisotopic (exact) mass is 306 g/mol. The number of amides is 1. The van der Waals surface area contributed by atoms with E-state index in [4.69, 9.17) is 5.14 Å². The topological polar surface area (TPSA) is 95.7 Å². The van der Waals surface area contributed by atoms with E-state index in [2.05, 4.69) is 5.43 Å². The molecule has 2 aromatic carbocycles. The maximum Gasteiger partial charge on any atom is 0.318 e. The van der Waals surface area contributed by atoms with Gasteiger partial charge in [0.1, 0.15) is 0 Å². The number of hydrazine groups is 2. The molecule has 0 atom stereocenters. The van der Waals surface area contributed by atoms with Gasteiger partial charge in [-0.2, -0.15) is 13.5 Å². The summed E-state index contributed by atoms with van der Waals surface area (Å²) in [6.07, 6.45) is 0.369. The van der Waals surface area contributed by atoms with Crippen LogP contribution >= 0.6 is 0 Å². The first-order chi connectivity index (χ1) is 10.0. The maximum atomic E-state index is 11.9. The first kappa shape index (κ1) is 14.8. The SMILES string of the molecule is NS(=O)(=O)N(c1ccccc1)N(NC=O)c1ccccc1. The van der Waals surface area contributed by atoms with E-state index in [1.807, 2.05) is 0 Å². The Labute approximate surface area is 122 Å². The number of nitrogens with one attached hydrogen (secondary N) is 1. The number of hydrogen-bond donors (Lipinski definition) is 2. The van der Waals surface area contributed by atoms with Gasteiger partial charge in [0.25, 0.3) is 0 Å². The molecule has 0 saturated carbocycles. The normalized spacial score (nSPS) is 10.7. The number of carbonyl (C=O) groups is 1. The molecule has 2 aromatic rings. The number of para-hydroxylation sites is 2. The van der Waals surface area contributed by atoms with E-state index in [9.17, 15) is 13.2 Å². The van der Waals surface area contributed by atoms with Gasteiger partial charge in [-0.1, -0.05) is 36.4 Å². The second-order valence-electron chi connectivity index (χ2n) is 4.02. The highest BCUT2D eigenvalue weighted by atomic mass is 32.2. The predicted molar refractivity (Wildman–Crippen MR) is 80.1 cm³/mol. The van der Waals surface area contributed by atoms with E-state index in [1.165, 1.54) is 0 Å². The van der Waals surface area contributed by atoms with Crippen LogP contribution in [0.25, 0.3) is 0 Å². The van der Waals surface area contributed by atoms with Crippen LogP contribution in [0.3, 0.4) is 0 Å². The van der Waals surface area contributed by atoms with Crippen LogP contribution < -0.4 is 20.1 Å². The van der Waals surface area contributed by atoms with E-state index < -0.39 is 10.2 Å². The van der Waals surface area contributed by atoms with Crippen LogP contribution in [-0.4, -0.2) is 14.8 Å². The fourth-order valence-corrected chi connectivity index (χ4v) is 2.57. The Kier molecular flexibility index (Phi) is 4.41. The minimum atomic E-state index is -4.15. The Hall–Kier alpha value is -2.58. The van der Waals surface area contributed by atoms with Gasteiger partial charge in [-0.15, -0.1) is 4.41 Å². The van der Waals surface area contributed by atoms with Crippen molar-refractivity contribution in [3.63, 3.8) is 0 Å². The first-order valence-electron chi connectivity index (χ1n) is 5.97. The van der Waals surface area contributed by atoms with E-state index in [-0.39, 0.29) is 0 Å². The molecule has 3 N–H and O–H groups in total. The number of benzene rings is 2. The summed E-state index contributed by atoms with van der Waals surface area (Å²) in [5.74, 6) is 0. The molecule has 0 spiro atoms. The van der Waals surface area contributed by atoms with Crippen LogP contribution in [0.5, 0.6) is 0 Å². The van der Waals surface area contributed by atoms with Crippen LogP contribution in [0.4, 0.5) is 11.4 Å². The van der Waals surface area contributed by atoms with E-state index in [0.29, 0.717) is 17.8 Å². The van der Waals surface area contributed by atoms with Gasteiger partial charge < -0.3 is 0 Å². The van der Waals surface area contributed by atoms with Gasteiger partial charge in [0.05, 0.1) is 11.4 Å². The fourth-order valence-electron chi connectivity index (χ4n) is 1.78. The predicted octanol–water partition coefficient (Wildman–Crippen LogP) is 0.779. The molecule has 0 fully saturated rings. The molecule has 0 aliphatic heterocycles. The number of rotatable bonds is 6. The number of anilines is 2. The van der Waals surface area contributed by atoms with Crippen molar-refractivity contribution in [1.82, 2.24) is 5.43 Å². The molecule has 0 aromatic heterocycles. The zero-order valence-corrected chi connectivity index (χ0v) is 11.8. The van der Waals surface area contributed by atoms with Gasteiger partial charge in [-0.25, -0.2) is 10.6 Å². The summed E-state index contributed by atoms with van der Waals surface area (Å²) in [4.78, 5) is 10.8. The molecule has 0 saturated heterocycles. The quantitative estimate of drug-likeness (QED) is 0.609. The minimum Gasteiger partial charge on any atom is -0.277 e. The Morgan fingerprint density at radius 1 is 0.905 bits per heavy atom. The number of nitrogens with zero attached hydrogens (tertiary/aromatic N) is 2. The summed E-state index contributed by atoms with van der Waals surface area (Å²) in [6, 6.07) is 16.7. The van der Waals surface area contributed by atoms with Gasteiger partial charge >= 0.3 is 10.2 Å². The molecule has 2 rings (SSSR count). The summed E-state index contributed by atoms with van der Waals surface area (Å²) in [5, 5.41) is 6.33. The van der Waals surface area contributed by atoms with Gasteiger partial charge in [0.15, 0.2) is 0 Å². The zero-order chi connectivity index (χ0) is 15.3. The molecule has 0 heterocycles. The van der Waals surface area contributed by atoms with Gasteiger partial charge in [0.2, 0.25) is 6.41 Å². The molecule has 0 bridgehead atoms. The van der Waals surface area contributed by atoms with Crippen molar-refractivity contribution >= 4 is 28.0 Å². The number of nitrogens with two attached hydrogens (primary N) is 1. The van der Waals surface area contributed by atoms with Crippen molar-refractivity contribution in [3.8, 4) is 0 Å². The molecule has 1 amide bonds. The van der Waals surface area contributed by atoms with Gasteiger partial charge in [0, 0.05) is 0 Å². The molecule has 21 heavy (non-hydrogen) atoms. The molecular formula is C13H14N4O3S. The molecule has 0 aliphatic carbocycles. The summed E-state index contributed by atoms with van der Waals surface area (Å²) < 4.78 is 24.7. The highest BCUT2D eigenvalue weighted by molar-refractivity contribution is 7.90. The summed E-state index contributed by atoms with van der Waals surface area (Å²) in [5.41, 5.74) is 3.05. The molecule has 110 valence electrons. The van der Waals surface area contributed by atoms with Crippen molar-refractivity contribution in [1.29, 1.82) is 0 Å². The smallest absolute Gasteiger partial charge is 0.277 e. The zero-order valence-electron chi connectivity index (χ0n) is 11.0. The molecule has 0 radical (unpaired) electrons. The van der Waals surface area contributed by atoms with Crippen molar-refractivity contribution < 1.29 is 13.2 Å². The Bertz CT molecular complexity index is 692.